The maximum Gasteiger partial charge on any atom is 0.320 e. The highest BCUT2D eigenvalue weighted by Gasteiger charge is 2.28. The Morgan fingerprint density at radius 2 is 1.83 bits per heavy atom. The number of unbranched alkanes of at least 4 members (excludes halogenated alkanes) is 1. The molecule has 1 aliphatic carbocycles. The average Bonchev–Trinajstić information content (AvgIpc) is 2.57. The van der Waals surface area contributed by atoms with Gasteiger partial charge in [0.05, 0.1) is 6.10 Å². The maximum atomic E-state index is 11.9. The van der Waals surface area contributed by atoms with Crippen LogP contribution in [0.5, 0.6) is 0 Å². The molecular weight excluding hydrogens is 308 g/mol. The first-order valence-corrected chi connectivity index (χ1v) is 9.55. The normalized spacial score (nSPS) is 18.1. The van der Waals surface area contributed by atoms with Crippen molar-refractivity contribution < 1.29 is 24.2 Å². The standard InChI is InChI=1S/C19H34O5/c1-3-15(2)24-19(22)17(18(20)21)11-7-8-13-23-14-12-16-9-5-4-6-10-16/h15-17H,3-14H2,1-2H3,(H,20,21). The summed E-state index contributed by atoms with van der Waals surface area (Å²) in [6.07, 6.45) is 10.1. The second-order valence-corrected chi connectivity index (χ2v) is 6.95. The van der Waals surface area contributed by atoms with Crippen LogP contribution in [-0.4, -0.2) is 36.4 Å². The summed E-state index contributed by atoms with van der Waals surface area (Å²) in [6, 6.07) is 0. The third-order valence-corrected chi connectivity index (χ3v) is 4.90. The van der Waals surface area contributed by atoms with Gasteiger partial charge in [0.25, 0.3) is 0 Å². The van der Waals surface area contributed by atoms with Crippen molar-refractivity contribution in [1.82, 2.24) is 0 Å². The number of rotatable bonds is 12. The number of esters is 1. The Balaban J connectivity index is 2.10. The van der Waals surface area contributed by atoms with Gasteiger partial charge in [-0.05, 0) is 44.9 Å². The van der Waals surface area contributed by atoms with E-state index in [0.29, 0.717) is 25.9 Å². The smallest absolute Gasteiger partial charge is 0.320 e. The lowest BCUT2D eigenvalue weighted by molar-refractivity contribution is -0.162. The van der Waals surface area contributed by atoms with E-state index < -0.39 is 17.9 Å². The number of carbonyl (C=O) groups is 2. The highest BCUT2D eigenvalue weighted by atomic mass is 16.5. The van der Waals surface area contributed by atoms with E-state index in [9.17, 15) is 14.7 Å². The van der Waals surface area contributed by atoms with Crippen LogP contribution < -0.4 is 0 Å². The molecule has 0 aromatic carbocycles. The average molecular weight is 342 g/mol. The Morgan fingerprint density at radius 3 is 2.46 bits per heavy atom. The molecule has 0 spiro atoms. The van der Waals surface area contributed by atoms with Crippen molar-refractivity contribution in [3.05, 3.63) is 0 Å². The molecule has 1 saturated carbocycles. The van der Waals surface area contributed by atoms with Crippen LogP contribution in [0.3, 0.4) is 0 Å². The number of carbonyl (C=O) groups excluding carboxylic acids is 1. The fourth-order valence-electron chi connectivity index (χ4n) is 3.09. The number of aliphatic carboxylic acids is 1. The summed E-state index contributed by atoms with van der Waals surface area (Å²) in [4.78, 5) is 23.1. The third kappa shape index (κ3) is 8.67. The highest BCUT2D eigenvalue weighted by Crippen LogP contribution is 2.26. The van der Waals surface area contributed by atoms with E-state index in [2.05, 4.69) is 0 Å². The minimum absolute atomic E-state index is 0.234. The predicted molar refractivity (Wildman–Crippen MR) is 92.8 cm³/mol. The van der Waals surface area contributed by atoms with Gasteiger partial charge in [0, 0.05) is 13.2 Å². The van der Waals surface area contributed by atoms with Crippen LogP contribution in [0.25, 0.3) is 0 Å². The van der Waals surface area contributed by atoms with Crippen LogP contribution in [0, 0.1) is 11.8 Å². The molecule has 2 unspecified atom stereocenters. The minimum atomic E-state index is -1.10. The number of hydrogen-bond acceptors (Lipinski definition) is 4. The second-order valence-electron chi connectivity index (χ2n) is 6.95. The zero-order valence-electron chi connectivity index (χ0n) is 15.3. The summed E-state index contributed by atoms with van der Waals surface area (Å²) in [6.45, 7) is 5.11. The SMILES string of the molecule is CCC(C)OC(=O)C(CCCCOCCC1CCCCC1)C(=O)O. The zero-order valence-corrected chi connectivity index (χ0v) is 15.3. The van der Waals surface area contributed by atoms with Crippen LogP contribution in [-0.2, 0) is 19.1 Å². The lowest BCUT2D eigenvalue weighted by Gasteiger charge is -2.21. The molecule has 24 heavy (non-hydrogen) atoms. The first kappa shape index (κ1) is 20.9. The van der Waals surface area contributed by atoms with Crippen molar-refractivity contribution in [2.45, 2.75) is 84.2 Å². The number of hydrogen-bond donors (Lipinski definition) is 1. The number of ether oxygens (including phenoxy) is 2. The Hall–Kier alpha value is -1.10. The van der Waals surface area contributed by atoms with Crippen LogP contribution in [0.15, 0.2) is 0 Å². The molecule has 1 N–H and O–H groups in total. The first-order chi connectivity index (χ1) is 11.5. The van der Waals surface area contributed by atoms with Crippen LogP contribution >= 0.6 is 0 Å². The molecule has 5 nitrogen and oxygen atoms in total. The first-order valence-electron chi connectivity index (χ1n) is 9.55. The van der Waals surface area contributed by atoms with E-state index in [1.165, 1.54) is 32.1 Å². The molecule has 0 amide bonds. The van der Waals surface area contributed by atoms with E-state index >= 15 is 0 Å². The van der Waals surface area contributed by atoms with Crippen molar-refractivity contribution in [1.29, 1.82) is 0 Å². The summed E-state index contributed by atoms with van der Waals surface area (Å²) in [5, 5.41) is 9.18. The monoisotopic (exact) mass is 342 g/mol. The summed E-state index contributed by atoms with van der Waals surface area (Å²) in [5.41, 5.74) is 0. The largest absolute Gasteiger partial charge is 0.481 e. The molecule has 5 heteroatoms. The van der Waals surface area contributed by atoms with E-state index in [-0.39, 0.29) is 6.10 Å². The Bertz CT molecular complexity index is 363. The third-order valence-electron chi connectivity index (χ3n) is 4.90. The van der Waals surface area contributed by atoms with Gasteiger partial charge >= 0.3 is 11.9 Å². The molecule has 1 fully saturated rings. The number of carboxylic acid groups (broad SMARTS) is 1. The Labute approximate surface area is 146 Å². The lowest BCUT2D eigenvalue weighted by Crippen LogP contribution is -2.28. The Kier molecular flexibility index (Phi) is 10.7. The quantitative estimate of drug-likeness (QED) is 0.327. The van der Waals surface area contributed by atoms with Crippen molar-refractivity contribution in [3.63, 3.8) is 0 Å². The van der Waals surface area contributed by atoms with Gasteiger partial charge < -0.3 is 14.6 Å². The molecular formula is C19H34O5. The van der Waals surface area contributed by atoms with Crippen molar-refractivity contribution in [2.24, 2.45) is 11.8 Å². The molecule has 2 atom stereocenters. The lowest BCUT2D eigenvalue weighted by atomic mass is 9.87. The van der Waals surface area contributed by atoms with Gasteiger partial charge in [-0.1, -0.05) is 39.0 Å². The van der Waals surface area contributed by atoms with Crippen LogP contribution in [0.1, 0.15) is 78.1 Å². The highest BCUT2D eigenvalue weighted by molar-refractivity contribution is 5.93. The van der Waals surface area contributed by atoms with Gasteiger partial charge in [0.2, 0.25) is 0 Å². The fraction of sp³-hybridized carbons (Fsp3) is 0.895. The molecule has 0 bridgehead atoms. The summed E-state index contributed by atoms with van der Waals surface area (Å²) in [5.74, 6) is -1.94. The summed E-state index contributed by atoms with van der Waals surface area (Å²) in [7, 11) is 0. The summed E-state index contributed by atoms with van der Waals surface area (Å²) >= 11 is 0. The molecule has 0 aromatic rings. The molecule has 0 radical (unpaired) electrons. The minimum Gasteiger partial charge on any atom is -0.481 e. The van der Waals surface area contributed by atoms with Crippen LogP contribution in [0.4, 0.5) is 0 Å². The van der Waals surface area contributed by atoms with Gasteiger partial charge in [-0.2, -0.15) is 0 Å². The fourth-order valence-corrected chi connectivity index (χ4v) is 3.09. The predicted octanol–water partition coefficient (Wildman–Crippen LogP) is 4.19. The molecule has 0 heterocycles. The molecule has 0 aromatic heterocycles. The second kappa shape index (κ2) is 12.3. The summed E-state index contributed by atoms with van der Waals surface area (Å²) < 4.78 is 10.8. The van der Waals surface area contributed by atoms with Gasteiger partial charge in [-0.25, -0.2) is 0 Å². The van der Waals surface area contributed by atoms with E-state index in [1.54, 1.807) is 6.92 Å². The maximum absolute atomic E-state index is 11.9. The van der Waals surface area contributed by atoms with Gasteiger partial charge in [0.15, 0.2) is 5.92 Å². The van der Waals surface area contributed by atoms with Crippen molar-refractivity contribution in [2.75, 3.05) is 13.2 Å². The van der Waals surface area contributed by atoms with Crippen LogP contribution in [0.2, 0.25) is 0 Å². The molecule has 0 saturated heterocycles. The van der Waals surface area contributed by atoms with E-state index in [4.69, 9.17) is 9.47 Å². The number of carboxylic acids is 1. The topological polar surface area (TPSA) is 72.8 Å². The van der Waals surface area contributed by atoms with Gasteiger partial charge in [-0.15, -0.1) is 0 Å². The molecule has 1 rings (SSSR count). The van der Waals surface area contributed by atoms with Gasteiger partial charge in [-0.3, -0.25) is 9.59 Å². The van der Waals surface area contributed by atoms with Crippen molar-refractivity contribution in [3.8, 4) is 0 Å². The van der Waals surface area contributed by atoms with Crippen molar-refractivity contribution >= 4 is 11.9 Å². The zero-order chi connectivity index (χ0) is 17.8. The van der Waals surface area contributed by atoms with E-state index in [1.807, 2.05) is 6.92 Å². The molecule has 140 valence electrons. The van der Waals surface area contributed by atoms with Gasteiger partial charge in [0.1, 0.15) is 0 Å². The Morgan fingerprint density at radius 1 is 1.12 bits per heavy atom. The van der Waals surface area contributed by atoms with E-state index in [0.717, 1.165) is 25.4 Å². The molecule has 1 aliphatic rings. The molecule has 0 aliphatic heterocycles.